The quantitative estimate of drug-likeness (QED) is 0.621. The average Bonchev–Trinajstić information content (AvgIpc) is 3.42. The van der Waals surface area contributed by atoms with Crippen LogP contribution in [0, 0.1) is 28.6 Å². The van der Waals surface area contributed by atoms with Gasteiger partial charge in [0.25, 0.3) is 5.91 Å². The summed E-state index contributed by atoms with van der Waals surface area (Å²) in [5, 5.41) is 9.15. The largest absolute Gasteiger partial charge is 0.417 e. The van der Waals surface area contributed by atoms with Crippen LogP contribution in [0.3, 0.4) is 0 Å². The number of carbonyl (C=O) groups excluding carboxylic acids is 1. The van der Waals surface area contributed by atoms with E-state index >= 15 is 0 Å². The summed E-state index contributed by atoms with van der Waals surface area (Å²) >= 11 is 0. The Kier molecular flexibility index (Phi) is 5.99. The molecule has 2 saturated heterocycles. The van der Waals surface area contributed by atoms with Crippen molar-refractivity contribution in [3.8, 4) is 6.07 Å². The number of imidazole rings is 1. The number of nitrogens with zero attached hydrogens (tertiary/aromatic N) is 5. The number of nitriles is 1. The first-order valence-corrected chi connectivity index (χ1v) is 11.9. The lowest BCUT2D eigenvalue weighted by Crippen LogP contribution is -2.53. The van der Waals surface area contributed by atoms with E-state index in [0.717, 1.165) is 25.3 Å². The van der Waals surface area contributed by atoms with Gasteiger partial charge in [-0.1, -0.05) is 0 Å². The lowest BCUT2D eigenvalue weighted by atomic mass is 9.74. The number of rotatable bonds is 6. The molecular weight excluding hydrogens is 459 g/mol. The smallest absolute Gasteiger partial charge is 0.380 e. The number of likely N-dealkylation sites (tertiary alicyclic amines) is 1. The molecule has 10 heteroatoms. The molecule has 0 N–H and O–H groups in total. The standard InChI is InChI=1S/C25H28F3N5O2/c1-31-11-22(30-16-31)23(34)32-7-6-19-10-33(14-24(19,13-32)15-35-12-17-2-3-17)20-5-4-18(9-29)21(8-20)25(26,27)28/h4-5,8,11,16-17,19H,2-3,6-7,10,12-15H2,1H3/t19-,24+/m0/s1. The number of aryl methyl sites for hydroxylation is 1. The van der Waals surface area contributed by atoms with Crippen LogP contribution in [-0.2, 0) is 18.0 Å². The number of hydrogen-bond donors (Lipinski definition) is 0. The number of carbonyl (C=O) groups is 1. The zero-order valence-corrected chi connectivity index (χ0v) is 19.6. The Labute approximate surface area is 202 Å². The van der Waals surface area contributed by atoms with Crippen molar-refractivity contribution >= 4 is 11.6 Å². The molecule has 2 atom stereocenters. The maximum absolute atomic E-state index is 13.6. The Morgan fingerprint density at radius 3 is 2.74 bits per heavy atom. The van der Waals surface area contributed by atoms with Gasteiger partial charge in [0.1, 0.15) is 5.69 Å². The van der Waals surface area contributed by atoms with E-state index in [9.17, 15) is 18.0 Å². The number of aromatic nitrogens is 2. The van der Waals surface area contributed by atoms with Crippen molar-refractivity contribution in [1.29, 1.82) is 5.26 Å². The molecule has 186 valence electrons. The second kappa shape index (κ2) is 8.86. The van der Waals surface area contributed by atoms with Gasteiger partial charge in [-0.05, 0) is 49.3 Å². The second-order valence-electron chi connectivity index (χ2n) is 10.2. The second-order valence-corrected chi connectivity index (χ2v) is 10.2. The van der Waals surface area contributed by atoms with Crippen LogP contribution in [-0.4, -0.2) is 59.8 Å². The van der Waals surface area contributed by atoms with E-state index in [1.807, 2.05) is 16.8 Å². The topological polar surface area (TPSA) is 74.4 Å². The fourth-order valence-corrected chi connectivity index (χ4v) is 5.42. The third-order valence-corrected chi connectivity index (χ3v) is 7.51. The highest BCUT2D eigenvalue weighted by atomic mass is 19.4. The molecule has 1 aromatic heterocycles. The van der Waals surface area contributed by atoms with Gasteiger partial charge in [0.2, 0.25) is 0 Å². The van der Waals surface area contributed by atoms with Crippen molar-refractivity contribution in [2.45, 2.75) is 25.4 Å². The monoisotopic (exact) mass is 487 g/mol. The van der Waals surface area contributed by atoms with E-state index in [4.69, 9.17) is 10.00 Å². The van der Waals surface area contributed by atoms with Crippen LogP contribution in [0.2, 0.25) is 0 Å². The SMILES string of the molecule is Cn1cnc(C(=O)N2CC[C@H]3CN(c4ccc(C#N)c(C(F)(F)F)c4)C[C@@]3(COCC3CC3)C2)c1. The molecule has 2 aliphatic heterocycles. The summed E-state index contributed by atoms with van der Waals surface area (Å²) in [5.41, 5.74) is -0.860. The van der Waals surface area contributed by atoms with E-state index in [1.54, 1.807) is 29.2 Å². The summed E-state index contributed by atoms with van der Waals surface area (Å²) in [6.45, 7) is 3.24. The van der Waals surface area contributed by atoms with E-state index < -0.39 is 11.7 Å². The zero-order valence-electron chi connectivity index (χ0n) is 19.6. The van der Waals surface area contributed by atoms with Gasteiger partial charge in [0.05, 0.1) is 30.1 Å². The highest BCUT2D eigenvalue weighted by Crippen LogP contribution is 2.45. The van der Waals surface area contributed by atoms with Crippen molar-refractivity contribution in [1.82, 2.24) is 14.5 Å². The molecule has 0 unspecified atom stereocenters. The number of halogens is 3. The van der Waals surface area contributed by atoms with E-state index in [0.29, 0.717) is 56.7 Å². The number of hydrogen-bond acceptors (Lipinski definition) is 5. The molecule has 2 aromatic rings. The third kappa shape index (κ3) is 4.74. The minimum atomic E-state index is -4.61. The molecular formula is C25H28F3N5O2. The summed E-state index contributed by atoms with van der Waals surface area (Å²) in [6.07, 6.45) is 1.75. The molecule has 1 amide bonds. The minimum absolute atomic E-state index is 0.137. The first-order valence-electron chi connectivity index (χ1n) is 11.9. The van der Waals surface area contributed by atoms with Gasteiger partial charge in [-0.25, -0.2) is 4.98 Å². The minimum Gasteiger partial charge on any atom is -0.380 e. The first-order chi connectivity index (χ1) is 16.7. The molecule has 1 saturated carbocycles. The Hall–Kier alpha value is -3.06. The summed E-state index contributed by atoms with van der Waals surface area (Å²) in [6, 6.07) is 5.55. The van der Waals surface area contributed by atoms with Crippen LogP contribution < -0.4 is 4.90 Å². The molecule has 0 radical (unpaired) electrons. The first kappa shape index (κ1) is 23.7. The predicted molar refractivity (Wildman–Crippen MR) is 122 cm³/mol. The Morgan fingerprint density at radius 2 is 2.09 bits per heavy atom. The number of piperidine rings is 1. The van der Waals surface area contributed by atoms with E-state index in [1.165, 1.54) is 6.07 Å². The van der Waals surface area contributed by atoms with Gasteiger partial charge in [0.15, 0.2) is 0 Å². The van der Waals surface area contributed by atoms with Crippen LogP contribution in [0.15, 0.2) is 30.7 Å². The van der Waals surface area contributed by atoms with Crippen LogP contribution >= 0.6 is 0 Å². The van der Waals surface area contributed by atoms with Crippen molar-refractivity contribution in [3.63, 3.8) is 0 Å². The van der Waals surface area contributed by atoms with Crippen molar-refractivity contribution in [2.24, 2.45) is 24.3 Å². The predicted octanol–water partition coefficient (Wildman–Crippen LogP) is 3.71. The molecule has 0 spiro atoms. The maximum atomic E-state index is 13.6. The highest BCUT2D eigenvalue weighted by Gasteiger charge is 2.51. The zero-order chi connectivity index (χ0) is 24.8. The van der Waals surface area contributed by atoms with Crippen LogP contribution in [0.1, 0.15) is 40.9 Å². The summed E-state index contributed by atoms with van der Waals surface area (Å²) < 4.78 is 48.6. The van der Waals surface area contributed by atoms with E-state index in [2.05, 4.69) is 4.98 Å². The average molecular weight is 488 g/mol. The number of anilines is 1. The Balaban J connectivity index is 1.40. The lowest BCUT2D eigenvalue weighted by Gasteiger charge is -2.43. The van der Waals surface area contributed by atoms with Gasteiger partial charge in [0, 0.05) is 57.1 Å². The maximum Gasteiger partial charge on any atom is 0.417 e. The highest BCUT2D eigenvalue weighted by molar-refractivity contribution is 5.92. The van der Waals surface area contributed by atoms with Crippen molar-refractivity contribution in [3.05, 3.63) is 47.5 Å². The number of amides is 1. The van der Waals surface area contributed by atoms with Crippen molar-refractivity contribution in [2.75, 3.05) is 44.3 Å². The molecule has 35 heavy (non-hydrogen) atoms. The van der Waals surface area contributed by atoms with Gasteiger partial charge >= 0.3 is 6.18 Å². The van der Waals surface area contributed by atoms with Gasteiger partial charge < -0.3 is 19.1 Å². The molecule has 5 rings (SSSR count). The normalized spacial score (nSPS) is 24.4. The van der Waals surface area contributed by atoms with E-state index in [-0.39, 0.29) is 22.8 Å². The lowest BCUT2D eigenvalue weighted by molar-refractivity contribution is -0.137. The fourth-order valence-electron chi connectivity index (χ4n) is 5.42. The number of benzene rings is 1. The van der Waals surface area contributed by atoms with Gasteiger partial charge in [-0.15, -0.1) is 0 Å². The molecule has 3 aliphatic rings. The third-order valence-electron chi connectivity index (χ3n) is 7.51. The fraction of sp³-hybridized carbons (Fsp3) is 0.560. The molecule has 1 aromatic carbocycles. The van der Waals surface area contributed by atoms with Crippen molar-refractivity contribution < 1.29 is 22.7 Å². The van der Waals surface area contributed by atoms with Gasteiger partial charge in [-0.2, -0.15) is 18.4 Å². The number of alkyl halides is 3. The molecule has 7 nitrogen and oxygen atoms in total. The molecule has 3 heterocycles. The molecule has 0 bridgehead atoms. The molecule has 1 aliphatic carbocycles. The van der Waals surface area contributed by atoms with Crippen LogP contribution in [0.25, 0.3) is 0 Å². The summed E-state index contributed by atoms with van der Waals surface area (Å²) in [7, 11) is 1.81. The summed E-state index contributed by atoms with van der Waals surface area (Å²) in [4.78, 5) is 21.1. The van der Waals surface area contributed by atoms with Crippen LogP contribution in [0.4, 0.5) is 18.9 Å². The van der Waals surface area contributed by atoms with Crippen LogP contribution in [0.5, 0.6) is 0 Å². The number of fused-ring (bicyclic) bond motifs is 1. The Bertz CT molecular complexity index is 1150. The number of ether oxygens (including phenoxy) is 1. The van der Waals surface area contributed by atoms with Gasteiger partial charge in [-0.3, -0.25) is 4.79 Å². The Morgan fingerprint density at radius 1 is 1.29 bits per heavy atom. The summed E-state index contributed by atoms with van der Waals surface area (Å²) in [5.74, 6) is 0.631. The molecule has 3 fully saturated rings.